The molecule has 2 N–H and O–H groups in total. The molecule has 0 saturated heterocycles. The third-order valence-corrected chi connectivity index (χ3v) is 4.03. The van der Waals surface area contributed by atoms with Crippen LogP contribution in [0.3, 0.4) is 0 Å². The minimum absolute atomic E-state index is 0.108. The predicted molar refractivity (Wildman–Crippen MR) is 83.7 cm³/mol. The van der Waals surface area contributed by atoms with E-state index in [1.165, 1.54) is 6.20 Å². The first kappa shape index (κ1) is 16.0. The van der Waals surface area contributed by atoms with Crippen LogP contribution in [-0.2, 0) is 0 Å². The van der Waals surface area contributed by atoms with E-state index in [9.17, 15) is 9.90 Å². The molecule has 21 heavy (non-hydrogen) atoms. The number of nitrogens with one attached hydrogen (secondary N) is 1. The molecule has 1 aliphatic carbocycles. The Bertz CT molecular complexity index is 504. The fourth-order valence-electron chi connectivity index (χ4n) is 2.48. The molecule has 5 nitrogen and oxygen atoms in total. The van der Waals surface area contributed by atoms with Gasteiger partial charge in [-0.3, -0.25) is 4.79 Å². The van der Waals surface area contributed by atoms with Crippen LogP contribution in [0.15, 0.2) is 12.3 Å². The number of anilines is 1. The maximum atomic E-state index is 12.5. The van der Waals surface area contributed by atoms with E-state index in [1.807, 2.05) is 0 Å². The van der Waals surface area contributed by atoms with Gasteiger partial charge in [-0.2, -0.15) is 0 Å². The SMILES string of the molecule is CCCNc1cc(C(=O)N(C)CC2CC(O)C2)c(Cl)cn1. The van der Waals surface area contributed by atoms with Crippen molar-refractivity contribution in [3.05, 3.63) is 22.8 Å². The Morgan fingerprint density at radius 1 is 1.57 bits per heavy atom. The number of carbonyl (C=O) groups is 1. The Morgan fingerprint density at radius 3 is 2.90 bits per heavy atom. The zero-order chi connectivity index (χ0) is 15.4. The van der Waals surface area contributed by atoms with Crippen LogP contribution in [0.5, 0.6) is 0 Å². The molecule has 0 aliphatic heterocycles. The lowest BCUT2D eigenvalue weighted by Crippen LogP contribution is -2.39. The third-order valence-electron chi connectivity index (χ3n) is 3.73. The Balaban J connectivity index is 2.02. The second-order valence-corrected chi connectivity index (χ2v) is 6.06. The number of carbonyl (C=O) groups excluding carboxylic acids is 1. The van der Waals surface area contributed by atoms with Crippen LogP contribution in [-0.4, -0.2) is 47.1 Å². The average molecular weight is 312 g/mol. The lowest BCUT2D eigenvalue weighted by atomic mass is 9.82. The average Bonchev–Trinajstić information content (AvgIpc) is 2.44. The van der Waals surface area contributed by atoms with Crippen LogP contribution in [0.4, 0.5) is 5.82 Å². The van der Waals surface area contributed by atoms with Gasteiger partial charge in [0.25, 0.3) is 5.91 Å². The summed E-state index contributed by atoms with van der Waals surface area (Å²) in [6.07, 6.45) is 3.83. The van der Waals surface area contributed by atoms with Crippen molar-refractivity contribution < 1.29 is 9.90 Å². The minimum Gasteiger partial charge on any atom is -0.393 e. The summed E-state index contributed by atoms with van der Waals surface area (Å²) in [6.45, 7) is 3.51. The Hall–Kier alpha value is -1.33. The van der Waals surface area contributed by atoms with Gasteiger partial charge in [-0.15, -0.1) is 0 Å². The number of rotatable bonds is 6. The first-order valence-electron chi connectivity index (χ1n) is 7.34. The highest BCUT2D eigenvalue weighted by atomic mass is 35.5. The molecule has 1 aliphatic rings. The number of pyridine rings is 1. The molecule has 6 heteroatoms. The van der Waals surface area contributed by atoms with Crippen molar-refractivity contribution in [1.82, 2.24) is 9.88 Å². The quantitative estimate of drug-likeness (QED) is 0.846. The fraction of sp³-hybridized carbons (Fsp3) is 0.600. The predicted octanol–water partition coefficient (Wildman–Crippen LogP) is 2.40. The minimum atomic E-state index is -0.201. The molecule has 1 amide bonds. The molecule has 0 aromatic carbocycles. The summed E-state index contributed by atoms with van der Waals surface area (Å²) in [4.78, 5) is 18.3. The van der Waals surface area contributed by atoms with Gasteiger partial charge in [0, 0.05) is 26.3 Å². The number of aliphatic hydroxyl groups excluding tert-OH is 1. The molecule has 0 radical (unpaired) electrons. The Kier molecular flexibility index (Phi) is 5.42. The largest absolute Gasteiger partial charge is 0.393 e. The third kappa shape index (κ3) is 4.08. The second-order valence-electron chi connectivity index (χ2n) is 5.65. The van der Waals surface area contributed by atoms with Crippen molar-refractivity contribution in [1.29, 1.82) is 0 Å². The van der Waals surface area contributed by atoms with Crippen LogP contribution >= 0.6 is 11.6 Å². The highest BCUT2D eigenvalue weighted by molar-refractivity contribution is 6.33. The standard InChI is InChI=1S/C15H22ClN3O2/c1-3-4-17-14-7-12(13(16)8-18-14)15(21)19(2)9-10-5-11(20)6-10/h7-8,10-11,20H,3-6,9H2,1-2H3,(H,17,18). The summed E-state index contributed by atoms with van der Waals surface area (Å²) < 4.78 is 0. The molecule has 1 fully saturated rings. The van der Waals surface area contributed by atoms with E-state index >= 15 is 0 Å². The molecule has 0 bridgehead atoms. The molecule has 1 aromatic heterocycles. The van der Waals surface area contributed by atoms with Gasteiger partial charge in [0.05, 0.1) is 16.7 Å². The zero-order valence-corrected chi connectivity index (χ0v) is 13.2. The smallest absolute Gasteiger partial charge is 0.255 e. The molecule has 116 valence electrons. The van der Waals surface area contributed by atoms with Gasteiger partial charge in [0.15, 0.2) is 0 Å². The Labute approximate surface area is 130 Å². The highest BCUT2D eigenvalue weighted by Crippen LogP contribution is 2.28. The van der Waals surface area contributed by atoms with Gasteiger partial charge in [0.1, 0.15) is 5.82 Å². The molecule has 1 heterocycles. The molecule has 0 unspecified atom stereocenters. The van der Waals surface area contributed by atoms with Crippen LogP contribution in [0.1, 0.15) is 36.5 Å². The molecule has 0 spiro atoms. The van der Waals surface area contributed by atoms with Crippen molar-refractivity contribution in [3.8, 4) is 0 Å². The maximum Gasteiger partial charge on any atom is 0.255 e. The van der Waals surface area contributed by atoms with Gasteiger partial charge in [-0.05, 0) is 31.2 Å². The summed E-state index contributed by atoms with van der Waals surface area (Å²) in [5.74, 6) is 0.938. The van der Waals surface area contributed by atoms with Gasteiger partial charge in [0.2, 0.25) is 0 Å². The Morgan fingerprint density at radius 2 is 2.29 bits per heavy atom. The molecule has 2 rings (SSSR count). The highest BCUT2D eigenvalue weighted by Gasteiger charge is 2.29. The summed E-state index contributed by atoms with van der Waals surface area (Å²) in [5.41, 5.74) is 0.465. The van der Waals surface area contributed by atoms with Crippen molar-refractivity contribution in [2.24, 2.45) is 5.92 Å². The van der Waals surface area contributed by atoms with Gasteiger partial charge >= 0.3 is 0 Å². The van der Waals surface area contributed by atoms with Crippen molar-refractivity contribution in [3.63, 3.8) is 0 Å². The van der Waals surface area contributed by atoms with Crippen molar-refractivity contribution >= 4 is 23.3 Å². The number of hydrogen-bond acceptors (Lipinski definition) is 4. The van der Waals surface area contributed by atoms with E-state index in [4.69, 9.17) is 11.6 Å². The summed E-state index contributed by atoms with van der Waals surface area (Å²) in [7, 11) is 1.77. The summed E-state index contributed by atoms with van der Waals surface area (Å²) in [6, 6.07) is 1.70. The molecule has 1 saturated carbocycles. The van der Waals surface area contributed by atoms with Gasteiger partial charge < -0.3 is 15.3 Å². The van der Waals surface area contributed by atoms with E-state index in [0.717, 1.165) is 25.8 Å². The molecular formula is C15H22ClN3O2. The van der Waals surface area contributed by atoms with Crippen LogP contribution in [0.25, 0.3) is 0 Å². The summed E-state index contributed by atoms with van der Waals surface area (Å²) >= 11 is 6.10. The first-order chi connectivity index (χ1) is 10.0. The number of aliphatic hydroxyl groups is 1. The number of hydrogen-bond donors (Lipinski definition) is 2. The van der Waals surface area contributed by atoms with Crippen molar-refractivity contribution in [2.45, 2.75) is 32.3 Å². The number of aromatic nitrogens is 1. The van der Waals surface area contributed by atoms with Crippen LogP contribution < -0.4 is 5.32 Å². The maximum absolute atomic E-state index is 12.5. The second kappa shape index (κ2) is 7.09. The fourth-order valence-corrected chi connectivity index (χ4v) is 2.66. The zero-order valence-electron chi connectivity index (χ0n) is 12.5. The first-order valence-corrected chi connectivity index (χ1v) is 7.72. The topological polar surface area (TPSA) is 65.5 Å². The lowest BCUT2D eigenvalue weighted by Gasteiger charge is -2.34. The number of halogens is 1. The number of nitrogens with zero attached hydrogens (tertiary/aromatic N) is 2. The summed E-state index contributed by atoms with van der Waals surface area (Å²) in [5, 5.41) is 12.8. The van der Waals surface area contributed by atoms with Crippen molar-refractivity contribution in [2.75, 3.05) is 25.5 Å². The van der Waals surface area contributed by atoms with Gasteiger partial charge in [-0.1, -0.05) is 18.5 Å². The van der Waals surface area contributed by atoms with E-state index < -0.39 is 0 Å². The van der Waals surface area contributed by atoms with Crippen LogP contribution in [0.2, 0.25) is 5.02 Å². The van der Waals surface area contributed by atoms with E-state index in [1.54, 1.807) is 18.0 Å². The lowest BCUT2D eigenvalue weighted by molar-refractivity contribution is 0.0265. The monoisotopic (exact) mass is 311 g/mol. The molecule has 0 atom stereocenters. The van der Waals surface area contributed by atoms with E-state index in [0.29, 0.717) is 28.9 Å². The van der Waals surface area contributed by atoms with E-state index in [-0.39, 0.29) is 12.0 Å². The number of amides is 1. The van der Waals surface area contributed by atoms with E-state index in [2.05, 4.69) is 17.2 Å². The molecule has 1 aromatic rings. The van der Waals surface area contributed by atoms with Gasteiger partial charge in [-0.25, -0.2) is 4.98 Å². The normalized spacial score (nSPS) is 20.8. The molecular weight excluding hydrogens is 290 g/mol. The van der Waals surface area contributed by atoms with Crippen LogP contribution in [0, 0.1) is 5.92 Å².